The van der Waals surface area contributed by atoms with Crippen molar-refractivity contribution in [1.82, 2.24) is 4.98 Å². The molecule has 0 saturated carbocycles. The second-order valence-electron chi connectivity index (χ2n) is 4.64. The molecule has 0 bridgehead atoms. The van der Waals surface area contributed by atoms with Gasteiger partial charge < -0.3 is 14.6 Å². The third kappa shape index (κ3) is 4.82. The number of hydrogen-bond acceptors (Lipinski definition) is 6. The summed E-state index contributed by atoms with van der Waals surface area (Å²) in [6, 6.07) is 5.26. The Bertz CT molecular complexity index is 770. The van der Waals surface area contributed by atoms with Gasteiger partial charge >= 0.3 is 5.97 Å². The molecule has 0 aliphatic heterocycles. The van der Waals surface area contributed by atoms with Gasteiger partial charge in [0, 0.05) is 23.1 Å². The number of ether oxygens (including phenoxy) is 2. The van der Waals surface area contributed by atoms with Gasteiger partial charge in [0.15, 0.2) is 5.13 Å². The lowest BCUT2D eigenvalue weighted by atomic mass is 10.1. The van der Waals surface area contributed by atoms with Crippen molar-refractivity contribution in [1.29, 1.82) is 0 Å². The molecule has 8 heteroatoms. The van der Waals surface area contributed by atoms with Gasteiger partial charge in [0.05, 0.1) is 26.3 Å². The van der Waals surface area contributed by atoms with E-state index in [2.05, 4.69) is 10.3 Å². The van der Waals surface area contributed by atoms with Crippen LogP contribution in [0.3, 0.4) is 0 Å². The van der Waals surface area contributed by atoms with Crippen molar-refractivity contribution in [3.8, 4) is 11.5 Å². The molecule has 0 saturated heterocycles. The van der Waals surface area contributed by atoms with E-state index in [1.165, 1.54) is 24.5 Å². The Balaban J connectivity index is 2.02. The Morgan fingerprint density at radius 2 is 2.12 bits per heavy atom. The summed E-state index contributed by atoms with van der Waals surface area (Å²) in [6.45, 7) is 0. The number of anilines is 1. The van der Waals surface area contributed by atoms with E-state index in [0.29, 0.717) is 22.3 Å². The first kappa shape index (κ1) is 17.5. The molecule has 0 aliphatic rings. The van der Waals surface area contributed by atoms with Crippen LogP contribution in [0, 0.1) is 0 Å². The molecule has 1 aromatic carbocycles. The molecule has 0 radical (unpaired) electrons. The standard InChI is InChI=1S/C16H16N2O5S/c1-22-12-5-3-10(13(8-12)23-2)4-6-14(19)18-16-17-11(9-24-16)7-15(20)21/h3-6,8-9H,7H2,1-2H3,(H,20,21)(H,17,18,19)/b6-4+. The predicted molar refractivity (Wildman–Crippen MR) is 90.7 cm³/mol. The van der Waals surface area contributed by atoms with Crippen LogP contribution in [0.1, 0.15) is 11.3 Å². The number of rotatable bonds is 7. The number of hydrogen-bond donors (Lipinski definition) is 2. The largest absolute Gasteiger partial charge is 0.497 e. The third-order valence-electron chi connectivity index (χ3n) is 2.97. The fourth-order valence-electron chi connectivity index (χ4n) is 1.87. The third-order valence-corrected chi connectivity index (χ3v) is 3.78. The quantitative estimate of drug-likeness (QED) is 0.746. The molecule has 1 aromatic heterocycles. The number of amides is 1. The van der Waals surface area contributed by atoms with Crippen LogP contribution in [-0.4, -0.2) is 36.2 Å². The number of methoxy groups -OCH3 is 2. The molecule has 2 aromatic rings. The van der Waals surface area contributed by atoms with E-state index in [0.717, 1.165) is 5.56 Å². The van der Waals surface area contributed by atoms with E-state index >= 15 is 0 Å². The van der Waals surface area contributed by atoms with Crippen LogP contribution in [0.4, 0.5) is 5.13 Å². The lowest BCUT2D eigenvalue weighted by Gasteiger charge is -2.07. The van der Waals surface area contributed by atoms with E-state index in [-0.39, 0.29) is 12.3 Å². The number of nitrogens with zero attached hydrogens (tertiary/aromatic N) is 1. The highest BCUT2D eigenvalue weighted by Crippen LogP contribution is 2.25. The normalized spacial score (nSPS) is 10.6. The van der Waals surface area contributed by atoms with Gasteiger partial charge in [-0.25, -0.2) is 4.98 Å². The summed E-state index contributed by atoms with van der Waals surface area (Å²) >= 11 is 1.17. The minimum Gasteiger partial charge on any atom is -0.497 e. The Kier molecular flexibility index (Phi) is 5.91. The Labute approximate surface area is 142 Å². The lowest BCUT2D eigenvalue weighted by molar-refractivity contribution is -0.136. The van der Waals surface area contributed by atoms with Gasteiger partial charge in [0.2, 0.25) is 5.91 Å². The van der Waals surface area contributed by atoms with Crippen molar-refractivity contribution < 1.29 is 24.2 Å². The zero-order valence-corrected chi connectivity index (χ0v) is 13.9. The summed E-state index contributed by atoms with van der Waals surface area (Å²) in [5.74, 6) is -0.104. The first-order valence-electron chi connectivity index (χ1n) is 6.89. The minimum atomic E-state index is -0.968. The Morgan fingerprint density at radius 1 is 1.33 bits per heavy atom. The molecule has 2 rings (SSSR count). The smallest absolute Gasteiger partial charge is 0.309 e. The maximum atomic E-state index is 11.9. The van der Waals surface area contributed by atoms with Gasteiger partial charge in [-0.1, -0.05) is 0 Å². The topological polar surface area (TPSA) is 97.8 Å². The fraction of sp³-hybridized carbons (Fsp3) is 0.188. The van der Waals surface area contributed by atoms with Gasteiger partial charge in [0.1, 0.15) is 11.5 Å². The molecular formula is C16H16N2O5S. The Hall–Kier alpha value is -2.87. The molecule has 24 heavy (non-hydrogen) atoms. The van der Waals surface area contributed by atoms with E-state index in [9.17, 15) is 9.59 Å². The summed E-state index contributed by atoms with van der Waals surface area (Å²) in [6.07, 6.45) is 2.78. The van der Waals surface area contributed by atoms with Crippen LogP contribution in [0.5, 0.6) is 11.5 Å². The zero-order chi connectivity index (χ0) is 17.5. The second-order valence-corrected chi connectivity index (χ2v) is 5.50. The van der Waals surface area contributed by atoms with Gasteiger partial charge in [-0.05, 0) is 18.2 Å². The number of thiazole rings is 1. The SMILES string of the molecule is COc1ccc(/C=C/C(=O)Nc2nc(CC(=O)O)cs2)c(OC)c1. The lowest BCUT2D eigenvalue weighted by Crippen LogP contribution is -2.08. The number of carbonyl (C=O) groups excluding carboxylic acids is 1. The maximum absolute atomic E-state index is 11.9. The van der Waals surface area contributed by atoms with E-state index in [4.69, 9.17) is 14.6 Å². The van der Waals surface area contributed by atoms with E-state index in [1.54, 1.807) is 36.8 Å². The average Bonchev–Trinajstić information content (AvgIpc) is 2.98. The molecule has 1 heterocycles. The van der Waals surface area contributed by atoms with Crippen LogP contribution >= 0.6 is 11.3 Å². The minimum absolute atomic E-state index is 0.175. The molecule has 0 aliphatic carbocycles. The summed E-state index contributed by atoms with van der Waals surface area (Å²) in [5.41, 5.74) is 1.13. The van der Waals surface area contributed by atoms with Gasteiger partial charge in [-0.2, -0.15) is 0 Å². The summed E-state index contributed by atoms with van der Waals surface area (Å²) in [7, 11) is 3.09. The van der Waals surface area contributed by atoms with Crippen molar-refractivity contribution in [3.05, 3.63) is 40.9 Å². The fourth-order valence-corrected chi connectivity index (χ4v) is 2.58. The predicted octanol–water partition coefficient (Wildman–Crippen LogP) is 2.44. The number of aromatic nitrogens is 1. The molecular weight excluding hydrogens is 332 g/mol. The molecule has 2 N–H and O–H groups in total. The first-order valence-corrected chi connectivity index (χ1v) is 7.77. The molecule has 0 atom stereocenters. The number of carbonyl (C=O) groups is 2. The number of aliphatic carboxylic acids is 1. The zero-order valence-electron chi connectivity index (χ0n) is 13.1. The highest BCUT2D eigenvalue weighted by molar-refractivity contribution is 7.14. The number of benzene rings is 1. The van der Waals surface area contributed by atoms with Crippen molar-refractivity contribution in [2.45, 2.75) is 6.42 Å². The molecule has 126 valence electrons. The van der Waals surface area contributed by atoms with Gasteiger partial charge in [-0.3, -0.25) is 14.9 Å². The van der Waals surface area contributed by atoms with Crippen molar-refractivity contribution in [2.24, 2.45) is 0 Å². The van der Waals surface area contributed by atoms with Crippen molar-refractivity contribution in [3.63, 3.8) is 0 Å². The van der Waals surface area contributed by atoms with Crippen molar-refractivity contribution >= 4 is 34.4 Å². The van der Waals surface area contributed by atoms with Gasteiger partial charge in [-0.15, -0.1) is 11.3 Å². The first-order chi connectivity index (χ1) is 11.5. The van der Waals surface area contributed by atoms with Crippen LogP contribution in [0.25, 0.3) is 6.08 Å². The molecule has 1 amide bonds. The van der Waals surface area contributed by atoms with Gasteiger partial charge in [0.25, 0.3) is 0 Å². The highest BCUT2D eigenvalue weighted by atomic mass is 32.1. The van der Waals surface area contributed by atoms with Crippen LogP contribution in [0.15, 0.2) is 29.7 Å². The van der Waals surface area contributed by atoms with Crippen LogP contribution in [-0.2, 0) is 16.0 Å². The number of carboxylic acids is 1. The molecule has 0 fully saturated rings. The summed E-state index contributed by atoms with van der Waals surface area (Å²) in [4.78, 5) is 26.6. The highest BCUT2D eigenvalue weighted by Gasteiger charge is 2.08. The molecule has 0 spiro atoms. The van der Waals surface area contributed by atoms with E-state index in [1.807, 2.05) is 0 Å². The van der Waals surface area contributed by atoms with Crippen LogP contribution in [0.2, 0.25) is 0 Å². The van der Waals surface area contributed by atoms with Crippen LogP contribution < -0.4 is 14.8 Å². The molecule has 0 unspecified atom stereocenters. The Morgan fingerprint density at radius 3 is 2.79 bits per heavy atom. The van der Waals surface area contributed by atoms with E-state index < -0.39 is 5.97 Å². The summed E-state index contributed by atoms with van der Waals surface area (Å²) < 4.78 is 10.4. The second kappa shape index (κ2) is 8.11. The maximum Gasteiger partial charge on any atom is 0.309 e. The average molecular weight is 348 g/mol. The molecule has 7 nitrogen and oxygen atoms in total. The monoisotopic (exact) mass is 348 g/mol. The van der Waals surface area contributed by atoms with Crippen molar-refractivity contribution in [2.75, 3.05) is 19.5 Å². The number of carboxylic acid groups (broad SMARTS) is 1. The summed E-state index contributed by atoms with van der Waals surface area (Å²) in [5, 5.41) is 13.2. The number of nitrogens with one attached hydrogen (secondary N) is 1.